The lowest BCUT2D eigenvalue weighted by atomic mass is 10.1. The van der Waals surface area contributed by atoms with E-state index < -0.39 is 0 Å². The second-order valence-corrected chi connectivity index (χ2v) is 5.67. The second kappa shape index (κ2) is 6.37. The summed E-state index contributed by atoms with van der Waals surface area (Å²) in [5.74, 6) is 0. The molecule has 1 fully saturated rings. The van der Waals surface area contributed by atoms with Gasteiger partial charge in [0.2, 0.25) is 0 Å². The van der Waals surface area contributed by atoms with Crippen LogP contribution in [0.4, 0.5) is 0 Å². The van der Waals surface area contributed by atoms with Crippen molar-refractivity contribution in [1.82, 2.24) is 20.0 Å². The van der Waals surface area contributed by atoms with Crippen molar-refractivity contribution in [2.75, 3.05) is 26.2 Å². The fraction of sp³-hybridized carbons (Fsp3) is 0.562. The molecular formula is C16H24N4. The number of fused-ring (bicyclic) bond motifs is 1. The van der Waals surface area contributed by atoms with Crippen molar-refractivity contribution in [2.45, 2.75) is 25.8 Å². The van der Waals surface area contributed by atoms with Gasteiger partial charge in [0.1, 0.15) is 0 Å². The van der Waals surface area contributed by atoms with Crippen molar-refractivity contribution < 1.29 is 0 Å². The third-order valence-electron chi connectivity index (χ3n) is 4.18. The molecule has 0 bridgehead atoms. The number of aromatic nitrogens is 2. The van der Waals surface area contributed by atoms with E-state index >= 15 is 0 Å². The molecule has 1 saturated heterocycles. The highest BCUT2D eigenvalue weighted by Gasteiger charge is 2.10. The quantitative estimate of drug-likeness (QED) is 0.847. The molecule has 1 aliphatic heterocycles. The number of likely N-dealkylation sites (tertiary alicyclic amines) is 1. The van der Waals surface area contributed by atoms with Gasteiger partial charge in [0.25, 0.3) is 0 Å². The van der Waals surface area contributed by atoms with Gasteiger partial charge >= 0.3 is 0 Å². The van der Waals surface area contributed by atoms with Gasteiger partial charge in [-0.15, -0.1) is 0 Å². The minimum atomic E-state index is 0.856. The number of nitrogens with zero attached hydrogens (tertiary/aromatic N) is 3. The molecule has 2 heterocycles. The van der Waals surface area contributed by atoms with Crippen LogP contribution < -0.4 is 5.32 Å². The molecule has 1 N–H and O–H groups in total. The van der Waals surface area contributed by atoms with Gasteiger partial charge in [0.05, 0.1) is 11.2 Å². The lowest BCUT2D eigenvalue weighted by molar-refractivity contribution is 0.229. The predicted molar refractivity (Wildman–Crippen MR) is 82.7 cm³/mol. The second-order valence-electron chi connectivity index (χ2n) is 5.67. The summed E-state index contributed by atoms with van der Waals surface area (Å²) in [4.78, 5) is 2.56. The maximum atomic E-state index is 4.61. The molecule has 0 atom stereocenters. The average Bonchev–Trinajstić information content (AvgIpc) is 2.82. The molecular weight excluding hydrogens is 248 g/mol. The fourth-order valence-electron chi connectivity index (χ4n) is 3.05. The van der Waals surface area contributed by atoms with E-state index in [9.17, 15) is 0 Å². The fourth-order valence-corrected chi connectivity index (χ4v) is 3.05. The summed E-state index contributed by atoms with van der Waals surface area (Å²) < 4.78 is 1.97. The van der Waals surface area contributed by atoms with E-state index in [4.69, 9.17) is 0 Å². The predicted octanol–water partition coefficient (Wildman–Crippen LogP) is 2.15. The zero-order valence-electron chi connectivity index (χ0n) is 12.3. The molecule has 108 valence electrons. The van der Waals surface area contributed by atoms with E-state index in [-0.39, 0.29) is 0 Å². The molecule has 20 heavy (non-hydrogen) atoms. The van der Waals surface area contributed by atoms with Gasteiger partial charge in [-0.1, -0.05) is 24.6 Å². The van der Waals surface area contributed by atoms with Gasteiger partial charge in [0.15, 0.2) is 0 Å². The number of benzene rings is 1. The van der Waals surface area contributed by atoms with Crippen LogP contribution >= 0.6 is 0 Å². The van der Waals surface area contributed by atoms with E-state index in [2.05, 4.69) is 39.6 Å². The summed E-state index contributed by atoms with van der Waals surface area (Å²) in [6.07, 6.45) is 4.14. The SMILES string of the molecule is Cn1nc(CNCCN2CCCCC2)c2ccccc21. The van der Waals surface area contributed by atoms with E-state index in [0.29, 0.717) is 0 Å². The van der Waals surface area contributed by atoms with Gasteiger partial charge in [-0.25, -0.2) is 0 Å². The van der Waals surface area contributed by atoms with Crippen molar-refractivity contribution in [2.24, 2.45) is 7.05 Å². The molecule has 1 aromatic carbocycles. The van der Waals surface area contributed by atoms with Crippen molar-refractivity contribution in [3.63, 3.8) is 0 Å². The first kappa shape index (κ1) is 13.6. The smallest absolute Gasteiger partial charge is 0.0841 e. The Bertz CT molecular complexity index is 555. The lowest BCUT2D eigenvalue weighted by Crippen LogP contribution is -2.35. The Morgan fingerprint density at radius 2 is 1.95 bits per heavy atom. The molecule has 1 aromatic heterocycles. The van der Waals surface area contributed by atoms with Gasteiger partial charge in [-0.2, -0.15) is 5.10 Å². The van der Waals surface area contributed by atoms with Crippen molar-refractivity contribution in [3.8, 4) is 0 Å². The van der Waals surface area contributed by atoms with Crippen LogP contribution in [0.15, 0.2) is 24.3 Å². The normalized spacial score (nSPS) is 16.9. The zero-order valence-corrected chi connectivity index (χ0v) is 12.3. The largest absolute Gasteiger partial charge is 0.310 e. The van der Waals surface area contributed by atoms with Crippen LogP contribution in [0.25, 0.3) is 10.9 Å². The van der Waals surface area contributed by atoms with E-state index in [1.807, 2.05) is 11.7 Å². The molecule has 4 nitrogen and oxygen atoms in total. The Morgan fingerprint density at radius 1 is 1.15 bits per heavy atom. The highest BCUT2D eigenvalue weighted by atomic mass is 15.3. The standard InChI is InChI=1S/C16H24N4/c1-19-16-8-4-3-7-14(16)15(18-19)13-17-9-12-20-10-5-2-6-11-20/h3-4,7-8,17H,2,5-6,9-13H2,1H3. The minimum absolute atomic E-state index is 0.856. The monoisotopic (exact) mass is 272 g/mol. The Kier molecular flexibility index (Phi) is 4.33. The Balaban J connectivity index is 1.52. The summed E-state index contributed by atoms with van der Waals surface area (Å²) in [6, 6.07) is 8.43. The number of piperidine rings is 1. The Morgan fingerprint density at radius 3 is 2.80 bits per heavy atom. The molecule has 0 aliphatic carbocycles. The maximum absolute atomic E-state index is 4.61. The first-order chi connectivity index (χ1) is 9.84. The molecule has 4 heteroatoms. The summed E-state index contributed by atoms with van der Waals surface area (Å²) >= 11 is 0. The van der Waals surface area contributed by atoms with Crippen LogP contribution in [0.2, 0.25) is 0 Å². The maximum Gasteiger partial charge on any atom is 0.0841 e. The van der Waals surface area contributed by atoms with E-state index in [1.165, 1.54) is 43.3 Å². The van der Waals surface area contributed by atoms with Crippen molar-refractivity contribution in [1.29, 1.82) is 0 Å². The topological polar surface area (TPSA) is 33.1 Å². The number of rotatable bonds is 5. The summed E-state index contributed by atoms with van der Waals surface area (Å²) in [5, 5.41) is 9.42. The van der Waals surface area contributed by atoms with Crippen molar-refractivity contribution >= 4 is 10.9 Å². The number of nitrogens with one attached hydrogen (secondary N) is 1. The number of hydrogen-bond acceptors (Lipinski definition) is 3. The first-order valence-electron chi connectivity index (χ1n) is 7.68. The van der Waals surface area contributed by atoms with Crippen LogP contribution in [0.1, 0.15) is 25.0 Å². The summed E-state index contributed by atoms with van der Waals surface area (Å²) in [7, 11) is 2.01. The minimum Gasteiger partial charge on any atom is -0.310 e. The third kappa shape index (κ3) is 3.02. The molecule has 0 unspecified atom stereocenters. The molecule has 0 amide bonds. The first-order valence-corrected chi connectivity index (χ1v) is 7.68. The average molecular weight is 272 g/mol. The van der Waals surface area contributed by atoms with Crippen LogP contribution in [-0.2, 0) is 13.6 Å². The number of para-hydroxylation sites is 1. The van der Waals surface area contributed by atoms with Crippen LogP contribution in [0, 0.1) is 0 Å². The molecule has 3 rings (SSSR count). The molecule has 0 saturated carbocycles. The van der Waals surface area contributed by atoms with Gasteiger partial charge in [-0.3, -0.25) is 4.68 Å². The van der Waals surface area contributed by atoms with Gasteiger partial charge < -0.3 is 10.2 Å². The summed E-state index contributed by atoms with van der Waals surface area (Å²) in [5.41, 5.74) is 2.36. The molecule has 1 aliphatic rings. The Hall–Kier alpha value is -1.39. The number of hydrogen-bond donors (Lipinski definition) is 1. The third-order valence-corrected chi connectivity index (χ3v) is 4.18. The lowest BCUT2D eigenvalue weighted by Gasteiger charge is -2.26. The molecule has 0 spiro atoms. The van der Waals surface area contributed by atoms with Crippen LogP contribution in [0.5, 0.6) is 0 Å². The van der Waals surface area contributed by atoms with Gasteiger partial charge in [-0.05, 0) is 32.0 Å². The van der Waals surface area contributed by atoms with E-state index in [0.717, 1.165) is 25.3 Å². The highest BCUT2D eigenvalue weighted by molar-refractivity contribution is 5.81. The van der Waals surface area contributed by atoms with Crippen LogP contribution in [-0.4, -0.2) is 40.9 Å². The number of aryl methyl sites for hydroxylation is 1. The highest BCUT2D eigenvalue weighted by Crippen LogP contribution is 2.17. The zero-order chi connectivity index (χ0) is 13.8. The summed E-state index contributed by atoms with van der Waals surface area (Å²) in [6.45, 7) is 5.60. The van der Waals surface area contributed by atoms with Crippen LogP contribution in [0.3, 0.4) is 0 Å². The molecule has 0 radical (unpaired) electrons. The molecule has 2 aromatic rings. The van der Waals surface area contributed by atoms with Gasteiger partial charge in [0, 0.05) is 32.1 Å². The van der Waals surface area contributed by atoms with Crippen molar-refractivity contribution in [3.05, 3.63) is 30.0 Å². The Labute approximate surface area is 120 Å². The van der Waals surface area contributed by atoms with E-state index in [1.54, 1.807) is 0 Å².